The summed E-state index contributed by atoms with van der Waals surface area (Å²) in [7, 11) is 0. The van der Waals surface area contributed by atoms with Gasteiger partial charge in [0.05, 0.1) is 22.3 Å². The molecular formula is C19H16BrN3O. The number of aliphatic hydroxyl groups excluding tert-OH is 1. The molecule has 0 bridgehead atoms. The van der Waals surface area contributed by atoms with Crippen molar-refractivity contribution in [1.82, 2.24) is 15.3 Å². The highest BCUT2D eigenvalue weighted by molar-refractivity contribution is 9.10. The molecule has 0 spiro atoms. The minimum Gasteiger partial charge on any atom is -0.505 e. The molecule has 0 fully saturated rings. The number of nitrogens with one attached hydrogen (secondary N) is 2. The van der Waals surface area contributed by atoms with Crippen LogP contribution in [0, 0.1) is 0 Å². The highest BCUT2D eigenvalue weighted by Crippen LogP contribution is 2.29. The SMILES string of the molecule is OC1=C(c2ccccc2)NCCC=C1c1nc2ccc(Br)cc2[nH]1. The number of H-pyrrole nitrogens is 1. The van der Waals surface area contributed by atoms with Gasteiger partial charge in [0, 0.05) is 16.6 Å². The van der Waals surface area contributed by atoms with Gasteiger partial charge in [0.15, 0.2) is 0 Å². The predicted octanol–water partition coefficient (Wildman–Crippen LogP) is 4.63. The molecule has 0 saturated carbocycles. The van der Waals surface area contributed by atoms with Gasteiger partial charge in [0.2, 0.25) is 0 Å². The van der Waals surface area contributed by atoms with Crippen molar-refractivity contribution in [3.8, 4) is 0 Å². The summed E-state index contributed by atoms with van der Waals surface area (Å²) >= 11 is 3.47. The molecule has 1 aromatic heterocycles. The number of benzene rings is 2. The highest BCUT2D eigenvalue weighted by atomic mass is 79.9. The van der Waals surface area contributed by atoms with Crippen LogP contribution >= 0.6 is 15.9 Å². The summed E-state index contributed by atoms with van der Waals surface area (Å²) in [5.41, 5.74) is 4.24. The van der Waals surface area contributed by atoms with Crippen LogP contribution in [0.4, 0.5) is 0 Å². The maximum atomic E-state index is 10.9. The van der Waals surface area contributed by atoms with E-state index in [0.717, 1.165) is 45.3 Å². The number of aromatic nitrogens is 2. The number of hydrogen-bond donors (Lipinski definition) is 3. The highest BCUT2D eigenvalue weighted by Gasteiger charge is 2.19. The predicted molar refractivity (Wildman–Crippen MR) is 100 cm³/mol. The third kappa shape index (κ3) is 2.71. The van der Waals surface area contributed by atoms with Gasteiger partial charge >= 0.3 is 0 Å². The fourth-order valence-electron chi connectivity index (χ4n) is 2.89. The number of halogens is 1. The van der Waals surface area contributed by atoms with E-state index in [1.54, 1.807) is 0 Å². The minimum atomic E-state index is 0.219. The molecule has 1 aliphatic heterocycles. The normalized spacial score (nSPS) is 15.1. The van der Waals surface area contributed by atoms with Crippen LogP contribution in [0.15, 0.2) is 64.8 Å². The van der Waals surface area contributed by atoms with Gasteiger partial charge in [-0.3, -0.25) is 0 Å². The number of nitrogens with zero attached hydrogens (tertiary/aromatic N) is 1. The maximum absolute atomic E-state index is 10.9. The van der Waals surface area contributed by atoms with Crippen LogP contribution in [0.25, 0.3) is 22.3 Å². The van der Waals surface area contributed by atoms with Crippen molar-refractivity contribution in [3.63, 3.8) is 0 Å². The van der Waals surface area contributed by atoms with Gasteiger partial charge in [-0.25, -0.2) is 4.98 Å². The molecule has 3 aromatic rings. The molecular weight excluding hydrogens is 366 g/mol. The molecule has 4 rings (SSSR count). The van der Waals surface area contributed by atoms with Crippen molar-refractivity contribution in [1.29, 1.82) is 0 Å². The van der Waals surface area contributed by atoms with Gasteiger partial charge in [-0.2, -0.15) is 0 Å². The summed E-state index contributed by atoms with van der Waals surface area (Å²) in [6, 6.07) is 15.8. The largest absolute Gasteiger partial charge is 0.505 e. The minimum absolute atomic E-state index is 0.219. The van der Waals surface area contributed by atoms with Gasteiger partial charge in [0.25, 0.3) is 0 Å². The third-order valence-electron chi connectivity index (χ3n) is 4.05. The molecule has 5 heteroatoms. The molecule has 2 heterocycles. The van der Waals surface area contributed by atoms with E-state index < -0.39 is 0 Å². The lowest BCUT2D eigenvalue weighted by Crippen LogP contribution is -2.14. The molecule has 120 valence electrons. The van der Waals surface area contributed by atoms with E-state index in [-0.39, 0.29) is 5.76 Å². The van der Waals surface area contributed by atoms with Crippen LogP contribution in [0.2, 0.25) is 0 Å². The average Bonchev–Trinajstić information content (AvgIpc) is 2.91. The Bertz CT molecular complexity index is 957. The molecule has 4 nitrogen and oxygen atoms in total. The van der Waals surface area contributed by atoms with Crippen molar-refractivity contribution < 1.29 is 5.11 Å². The Morgan fingerprint density at radius 1 is 1.08 bits per heavy atom. The Kier molecular flexibility index (Phi) is 3.86. The lowest BCUT2D eigenvalue weighted by molar-refractivity contribution is 0.437. The zero-order valence-corrected chi connectivity index (χ0v) is 14.5. The van der Waals surface area contributed by atoms with Gasteiger partial charge in [-0.05, 0) is 24.6 Å². The molecule has 3 N–H and O–H groups in total. The van der Waals surface area contributed by atoms with E-state index in [1.807, 2.05) is 54.6 Å². The second kappa shape index (κ2) is 6.17. The van der Waals surface area contributed by atoms with E-state index in [9.17, 15) is 5.11 Å². The van der Waals surface area contributed by atoms with Crippen LogP contribution in [0.3, 0.4) is 0 Å². The topological polar surface area (TPSA) is 60.9 Å². The van der Waals surface area contributed by atoms with E-state index in [2.05, 4.69) is 31.2 Å². The first-order valence-electron chi connectivity index (χ1n) is 7.81. The van der Waals surface area contributed by atoms with Crippen LogP contribution in [0.5, 0.6) is 0 Å². The van der Waals surface area contributed by atoms with Crippen LogP contribution in [-0.4, -0.2) is 21.6 Å². The van der Waals surface area contributed by atoms with Crippen LogP contribution in [0.1, 0.15) is 17.8 Å². The third-order valence-corrected chi connectivity index (χ3v) is 4.54. The number of allylic oxidation sites excluding steroid dienone is 1. The van der Waals surface area contributed by atoms with E-state index in [0.29, 0.717) is 5.82 Å². The fourth-order valence-corrected chi connectivity index (χ4v) is 3.25. The van der Waals surface area contributed by atoms with E-state index >= 15 is 0 Å². The summed E-state index contributed by atoms with van der Waals surface area (Å²) in [5.74, 6) is 0.898. The average molecular weight is 382 g/mol. The van der Waals surface area contributed by atoms with Gasteiger partial charge in [-0.1, -0.05) is 52.3 Å². The second-order valence-corrected chi connectivity index (χ2v) is 6.59. The first-order valence-corrected chi connectivity index (χ1v) is 8.60. The number of hydrogen-bond acceptors (Lipinski definition) is 3. The molecule has 0 atom stereocenters. The Hall–Kier alpha value is -2.53. The van der Waals surface area contributed by atoms with Crippen molar-refractivity contribution in [2.75, 3.05) is 6.54 Å². The lowest BCUT2D eigenvalue weighted by atomic mass is 10.1. The maximum Gasteiger partial charge on any atom is 0.149 e. The quantitative estimate of drug-likeness (QED) is 0.606. The van der Waals surface area contributed by atoms with Crippen LogP contribution < -0.4 is 5.32 Å². The molecule has 0 radical (unpaired) electrons. The van der Waals surface area contributed by atoms with Gasteiger partial charge in [-0.15, -0.1) is 0 Å². The number of aliphatic hydroxyl groups is 1. The number of imidazole rings is 1. The Labute approximate surface area is 148 Å². The summed E-state index contributed by atoms with van der Waals surface area (Å²) in [5, 5.41) is 14.2. The molecule has 0 aliphatic carbocycles. The van der Waals surface area contributed by atoms with Gasteiger partial charge < -0.3 is 15.4 Å². The van der Waals surface area contributed by atoms with Crippen LogP contribution in [-0.2, 0) is 0 Å². The van der Waals surface area contributed by atoms with Crippen molar-refractivity contribution >= 4 is 38.2 Å². The Morgan fingerprint density at radius 2 is 1.92 bits per heavy atom. The lowest BCUT2D eigenvalue weighted by Gasteiger charge is -2.11. The van der Waals surface area contributed by atoms with E-state index in [1.165, 1.54) is 0 Å². The molecule has 0 saturated heterocycles. The molecule has 0 unspecified atom stereocenters. The van der Waals surface area contributed by atoms with Crippen molar-refractivity contribution in [3.05, 3.63) is 76.2 Å². The van der Waals surface area contributed by atoms with E-state index in [4.69, 9.17) is 0 Å². The summed E-state index contributed by atoms with van der Waals surface area (Å²) < 4.78 is 0.992. The fraction of sp³-hybridized carbons (Fsp3) is 0.105. The monoisotopic (exact) mass is 381 g/mol. The summed E-state index contributed by atoms with van der Waals surface area (Å²) in [6.45, 7) is 0.767. The second-order valence-electron chi connectivity index (χ2n) is 5.67. The molecule has 24 heavy (non-hydrogen) atoms. The number of fused-ring (bicyclic) bond motifs is 1. The standard InChI is InChI=1S/C19H16BrN3O/c20-13-8-9-15-16(11-13)23-19(22-15)14-7-4-10-21-17(18(14)24)12-5-2-1-3-6-12/h1-3,5-9,11,21,24H,4,10H2,(H,22,23). The number of aromatic amines is 1. The smallest absolute Gasteiger partial charge is 0.149 e. The summed E-state index contributed by atoms with van der Waals surface area (Å²) in [6.07, 6.45) is 2.83. The van der Waals surface area contributed by atoms with Gasteiger partial charge in [0.1, 0.15) is 11.6 Å². The first kappa shape index (κ1) is 15.0. The Morgan fingerprint density at radius 3 is 2.75 bits per heavy atom. The Balaban J connectivity index is 1.83. The zero-order chi connectivity index (χ0) is 16.5. The zero-order valence-electron chi connectivity index (χ0n) is 12.9. The molecule has 1 aliphatic rings. The summed E-state index contributed by atoms with van der Waals surface area (Å²) in [4.78, 5) is 7.94. The molecule has 2 aromatic carbocycles. The number of rotatable bonds is 2. The van der Waals surface area contributed by atoms with Crippen molar-refractivity contribution in [2.45, 2.75) is 6.42 Å². The van der Waals surface area contributed by atoms with Crippen molar-refractivity contribution in [2.24, 2.45) is 0 Å². The molecule has 0 amide bonds. The first-order chi connectivity index (χ1) is 11.7.